The molecule has 0 aromatic carbocycles. The predicted octanol–water partition coefficient (Wildman–Crippen LogP) is 5.09. The molecule has 0 aromatic heterocycles. The molecular formula is C14H25BrClCuO2Zn. The van der Waals surface area contributed by atoms with Crippen LogP contribution >= 0.6 is 23.7 Å². The van der Waals surface area contributed by atoms with Crippen molar-refractivity contribution in [3.05, 3.63) is 6.92 Å². The minimum absolute atomic E-state index is 0.0624. The third-order valence-corrected chi connectivity index (χ3v) is 3.99. The molecule has 2 rings (SSSR count). The first-order valence-electron chi connectivity index (χ1n) is 7.31. The molecule has 2 aliphatic rings. The molecule has 120 valence electrons. The van der Waals surface area contributed by atoms with E-state index < -0.39 is 0 Å². The second-order valence-corrected chi connectivity index (χ2v) is 5.23. The summed E-state index contributed by atoms with van der Waals surface area (Å²) < 4.78 is 11.6. The number of hydrogen-bond donors (Lipinski definition) is 0. The van der Waals surface area contributed by atoms with Gasteiger partial charge in [0.2, 0.25) is 0 Å². The first kappa shape index (κ1) is 21.8. The van der Waals surface area contributed by atoms with Gasteiger partial charge in [-0.1, -0.05) is 32.6 Å². The van der Waals surface area contributed by atoms with Crippen molar-refractivity contribution in [1.29, 1.82) is 0 Å². The normalized spacial score (nSPS) is 31.6. The van der Waals surface area contributed by atoms with Crippen LogP contribution in [0.15, 0.2) is 0 Å². The van der Waals surface area contributed by atoms with Crippen LogP contribution in [-0.2, 0) is 40.9 Å². The SMILES string of the molecule is [CH2-][C@H]1C(CCCCCC)O[C@@H]2OCCC[C@@H]21.[Cl][Cu].[Zn+][Br]. The third-order valence-electron chi connectivity index (χ3n) is 3.99. The van der Waals surface area contributed by atoms with Gasteiger partial charge < -0.3 is 16.4 Å². The second-order valence-electron chi connectivity index (χ2n) is 5.23. The second kappa shape index (κ2) is 14.4. The molecule has 2 nitrogen and oxygen atoms in total. The summed E-state index contributed by atoms with van der Waals surface area (Å²) in [5, 5.41) is 0. The van der Waals surface area contributed by atoms with Gasteiger partial charge in [-0.05, 0) is 25.2 Å². The monoisotopic (exact) mass is 466 g/mol. The standard InChI is InChI=1S/C14H25O2.BrH.ClH.Cu.Zn/c1-3-4-5-6-9-13-11(2)12-8-7-10-15-14(12)16-13;;;;/h11-14H,2-10H2,1H3;2*1H;;/q-1;;;+1;+2/p-2/t11-,12-,13?,14+;;;;/m1..../s1. The summed E-state index contributed by atoms with van der Waals surface area (Å²) in [5.41, 5.74) is 0. The molecule has 0 bridgehead atoms. The van der Waals surface area contributed by atoms with Crippen LogP contribution in [0.3, 0.4) is 0 Å². The molecule has 0 saturated carbocycles. The number of ether oxygens (including phenoxy) is 2. The van der Waals surface area contributed by atoms with Gasteiger partial charge in [-0.2, -0.15) is 0 Å². The summed E-state index contributed by atoms with van der Waals surface area (Å²) in [5.74, 6) is 1.01. The molecule has 0 spiro atoms. The molecule has 2 aliphatic heterocycles. The average Bonchev–Trinajstić information content (AvgIpc) is 2.85. The molecular weight excluding hydrogens is 444 g/mol. The van der Waals surface area contributed by atoms with E-state index in [0.29, 0.717) is 17.9 Å². The fourth-order valence-corrected chi connectivity index (χ4v) is 2.94. The molecule has 0 amide bonds. The van der Waals surface area contributed by atoms with Crippen molar-refractivity contribution >= 4 is 23.7 Å². The number of hydrogen-bond acceptors (Lipinski definition) is 2. The zero-order valence-electron chi connectivity index (χ0n) is 12.3. The molecule has 0 N–H and O–H groups in total. The van der Waals surface area contributed by atoms with E-state index in [9.17, 15) is 0 Å². The van der Waals surface area contributed by atoms with Crippen molar-refractivity contribution in [3.8, 4) is 0 Å². The van der Waals surface area contributed by atoms with Crippen molar-refractivity contribution < 1.29 is 40.9 Å². The van der Waals surface area contributed by atoms with Crippen LogP contribution in [0.25, 0.3) is 0 Å². The molecule has 2 fully saturated rings. The average molecular weight is 470 g/mol. The minimum atomic E-state index is 0.0624. The Bertz CT molecular complexity index is 227. The van der Waals surface area contributed by atoms with Crippen LogP contribution in [0, 0.1) is 18.8 Å². The third kappa shape index (κ3) is 7.40. The summed E-state index contributed by atoms with van der Waals surface area (Å²) in [6, 6.07) is 0. The van der Waals surface area contributed by atoms with E-state index in [1.165, 1.54) is 61.3 Å². The molecule has 0 radical (unpaired) electrons. The van der Waals surface area contributed by atoms with Gasteiger partial charge in [0.15, 0.2) is 6.29 Å². The molecule has 0 aromatic rings. The van der Waals surface area contributed by atoms with E-state index in [1.54, 1.807) is 0 Å². The van der Waals surface area contributed by atoms with Gasteiger partial charge >= 0.3 is 55.2 Å². The molecule has 4 atom stereocenters. The van der Waals surface area contributed by atoms with Crippen LogP contribution in [0.4, 0.5) is 0 Å². The molecule has 1 unspecified atom stereocenters. The summed E-state index contributed by atoms with van der Waals surface area (Å²) in [4.78, 5) is 0. The van der Waals surface area contributed by atoms with Crippen molar-refractivity contribution in [3.63, 3.8) is 0 Å². The molecule has 6 heteroatoms. The van der Waals surface area contributed by atoms with E-state index in [1.807, 2.05) is 0 Å². The van der Waals surface area contributed by atoms with Crippen molar-refractivity contribution in [2.24, 2.45) is 11.8 Å². The van der Waals surface area contributed by atoms with E-state index in [-0.39, 0.29) is 6.29 Å². The fourth-order valence-electron chi connectivity index (χ4n) is 2.94. The van der Waals surface area contributed by atoms with Gasteiger partial charge in [0, 0.05) is 12.7 Å². The molecule has 2 heterocycles. The first-order valence-corrected chi connectivity index (χ1v) is 15.6. The summed E-state index contributed by atoms with van der Waals surface area (Å²) in [7, 11) is 4.20. The molecule has 20 heavy (non-hydrogen) atoms. The Morgan fingerprint density at radius 3 is 2.60 bits per heavy atom. The van der Waals surface area contributed by atoms with Crippen LogP contribution in [0.2, 0.25) is 0 Å². The van der Waals surface area contributed by atoms with E-state index in [0.717, 1.165) is 6.61 Å². The number of fused-ring (bicyclic) bond motifs is 1. The quantitative estimate of drug-likeness (QED) is 0.317. The Morgan fingerprint density at radius 2 is 2.00 bits per heavy atom. The summed E-state index contributed by atoms with van der Waals surface area (Å²) in [6.45, 7) is 7.42. The summed E-state index contributed by atoms with van der Waals surface area (Å²) in [6.07, 6.45) is 9.26. The Balaban J connectivity index is 0.000000829. The Morgan fingerprint density at radius 1 is 1.30 bits per heavy atom. The molecule has 2 saturated heterocycles. The maximum absolute atomic E-state index is 5.97. The van der Waals surface area contributed by atoms with Crippen molar-refractivity contribution in [2.45, 2.75) is 64.3 Å². The van der Waals surface area contributed by atoms with Gasteiger partial charge in [0.1, 0.15) is 0 Å². The van der Waals surface area contributed by atoms with E-state index >= 15 is 0 Å². The van der Waals surface area contributed by atoms with Gasteiger partial charge in [-0.3, -0.25) is 0 Å². The summed E-state index contributed by atoms with van der Waals surface area (Å²) >= 11 is 7.91. The molecule has 0 aliphatic carbocycles. The van der Waals surface area contributed by atoms with Gasteiger partial charge in [-0.15, -0.1) is 5.92 Å². The van der Waals surface area contributed by atoms with Crippen molar-refractivity contribution in [1.82, 2.24) is 0 Å². The number of rotatable bonds is 5. The predicted molar refractivity (Wildman–Crippen MR) is 79.7 cm³/mol. The van der Waals surface area contributed by atoms with Crippen LogP contribution in [-0.4, -0.2) is 19.0 Å². The fraction of sp³-hybridized carbons (Fsp3) is 0.929. The Hall–Kier alpha value is 1.83. The number of unbranched alkanes of at least 4 members (excludes halogenated alkanes) is 3. The van der Waals surface area contributed by atoms with Gasteiger partial charge in [0.25, 0.3) is 0 Å². The topological polar surface area (TPSA) is 18.5 Å². The first-order chi connectivity index (χ1) is 9.83. The van der Waals surface area contributed by atoms with Gasteiger partial charge in [0.05, 0.1) is 0 Å². The van der Waals surface area contributed by atoms with E-state index in [2.05, 4.69) is 52.7 Å². The van der Waals surface area contributed by atoms with Crippen LogP contribution in [0.5, 0.6) is 0 Å². The zero-order chi connectivity index (χ0) is 15.4. The Labute approximate surface area is 153 Å². The Kier molecular flexibility index (Phi) is 15.7. The van der Waals surface area contributed by atoms with Crippen LogP contribution in [0.1, 0.15) is 51.9 Å². The van der Waals surface area contributed by atoms with E-state index in [4.69, 9.17) is 9.47 Å². The number of halogens is 2. The van der Waals surface area contributed by atoms with Crippen LogP contribution < -0.4 is 0 Å². The van der Waals surface area contributed by atoms with Crippen molar-refractivity contribution in [2.75, 3.05) is 6.61 Å². The maximum atomic E-state index is 5.97. The zero-order valence-corrected chi connectivity index (χ0v) is 18.5. The van der Waals surface area contributed by atoms with Gasteiger partial charge in [-0.25, -0.2) is 0 Å².